The van der Waals surface area contributed by atoms with Crippen LogP contribution in [0.1, 0.15) is 64.5 Å². The standard InChI is InChI=1S/C32H36O2Si/c1-32(2,3)35(27-20-12-6-13-21-27,28-22-14-7-15-23-28)31(34)29(24-25-16-8-4-9-17-25)30(33)26-18-10-5-11-19-26/h5-7,10-15,18-23,30,33H,4,8-9,16-17H2,1-3H3. The van der Waals surface area contributed by atoms with Gasteiger partial charge in [0.25, 0.3) is 0 Å². The Bertz CT molecular complexity index is 1150. The Morgan fingerprint density at radius 2 is 1.23 bits per heavy atom. The number of hydrogen-bond acceptors (Lipinski definition) is 2. The van der Waals surface area contributed by atoms with Gasteiger partial charge in [0.15, 0.2) is 5.41 Å². The minimum Gasteiger partial charge on any atom is -0.383 e. The average molecular weight is 481 g/mol. The van der Waals surface area contributed by atoms with Gasteiger partial charge in [-0.2, -0.15) is 0 Å². The molecule has 1 aliphatic carbocycles. The van der Waals surface area contributed by atoms with Crippen LogP contribution >= 0.6 is 0 Å². The van der Waals surface area contributed by atoms with Gasteiger partial charge in [-0.1, -0.05) is 118 Å². The van der Waals surface area contributed by atoms with Gasteiger partial charge < -0.3 is 5.11 Å². The van der Waals surface area contributed by atoms with Crippen LogP contribution in [-0.4, -0.2) is 18.6 Å². The van der Waals surface area contributed by atoms with Crippen molar-refractivity contribution in [3.63, 3.8) is 0 Å². The van der Waals surface area contributed by atoms with Gasteiger partial charge >= 0.3 is 0 Å². The van der Waals surface area contributed by atoms with Crippen LogP contribution < -0.4 is 10.4 Å². The fraction of sp³-hybridized carbons (Fsp3) is 0.312. The molecular weight excluding hydrogens is 444 g/mol. The quantitative estimate of drug-likeness (QED) is 0.255. The van der Waals surface area contributed by atoms with E-state index in [1.165, 1.54) is 6.42 Å². The molecule has 0 radical (unpaired) electrons. The monoisotopic (exact) mass is 480 g/mol. The molecule has 0 bridgehead atoms. The van der Waals surface area contributed by atoms with E-state index in [2.05, 4.69) is 50.8 Å². The lowest BCUT2D eigenvalue weighted by atomic mass is 9.94. The van der Waals surface area contributed by atoms with E-state index in [9.17, 15) is 5.11 Å². The first-order valence-corrected chi connectivity index (χ1v) is 14.7. The van der Waals surface area contributed by atoms with E-state index in [1.54, 1.807) is 0 Å². The SMILES string of the molecule is CC(C)(C)[Si](C(=O)C(=C=C1CCCCC1)C(O)c1ccccc1)(c1ccccc1)c1ccccc1. The Labute approximate surface area is 211 Å². The van der Waals surface area contributed by atoms with Gasteiger partial charge in [-0.25, -0.2) is 0 Å². The molecule has 35 heavy (non-hydrogen) atoms. The van der Waals surface area contributed by atoms with Crippen LogP contribution in [0.2, 0.25) is 5.04 Å². The minimum absolute atomic E-state index is 0.0526. The van der Waals surface area contributed by atoms with Crippen LogP contribution in [0.15, 0.2) is 108 Å². The highest BCUT2D eigenvalue weighted by atomic mass is 28.3. The van der Waals surface area contributed by atoms with Crippen molar-refractivity contribution < 1.29 is 9.90 Å². The van der Waals surface area contributed by atoms with Crippen LogP contribution in [0.3, 0.4) is 0 Å². The van der Waals surface area contributed by atoms with E-state index in [-0.39, 0.29) is 10.4 Å². The zero-order valence-corrected chi connectivity index (χ0v) is 22.1. The summed E-state index contributed by atoms with van der Waals surface area (Å²) in [6.45, 7) is 6.53. The molecule has 0 saturated heterocycles. The lowest BCUT2D eigenvalue weighted by Crippen LogP contribution is -2.70. The van der Waals surface area contributed by atoms with Crippen molar-refractivity contribution in [2.24, 2.45) is 0 Å². The first-order valence-electron chi connectivity index (χ1n) is 12.7. The zero-order valence-electron chi connectivity index (χ0n) is 21.1. The predicted octanol–water partition coefficient (Wildman–Crippen LogP) is 6.31. The van der Waals surface area contributed by atoms with Crippen molar-refractivity contribution in [3.05, 3.63) is 113 Å². The summed E-state index contributed by atoms with van der Waals surface area (Å²) < 4.78 is 0. The maximum absolute atomic E-state index is 15.1. The summed E-state index contributed by atoms with van der Waals surface area (Å²) in [6.07, 6.45) is 4.32. The molecule has 1 atom stereocenters. The minimum atomic E-state index is -3.11. The molecular formula is C32H36O2Si. The fourth-order valence-electron chi connectivity index (χ4n) is 5.56. The molecule has 0 heterocycles. The third-order valence-corrected chi connectivity index (χ3v) is 12.9. The van der Waals surface area contributed by atoms with E-state index in [0.717, 1.165) is 47.2 Å². The Morgan fingerprint density at radius 3 is 1.69 bits per heavy atom. The van der Waals surface area contributed by atoms with E-state index < -0.39 is 14.2 Å². The fourth-order valence-corrected chi connectivity index (χ4v) is 10.8. The Hall–Kier alpha value is -2.97. The Balaban J connectivity index is 2.03. The van der Waals surface area contributed by atoms with Crippen LogP contribution in [-0.2, 0) is 4.79 Å². The van der Waals surface area contributed by atoms with Gasteiger partial charge in [0, 0.05) is 0 Å². The smallest absolute Gasteiger partial charge is 0.205 e. The van der Waals surface area contributed by atoms with E-state index in [4.69, 9.17) is 0 Å². The topological polar surface area (TPSA) is 37.3 Å². The second-order valence-electron chi connectivity index (χ2n) is 10.6. The van der Waals surface area contributed by atoms with Gasteiger partial charge in [0.05, 0.1) is 5.57 Å². The lowest BCUT2D eigenvalue weighted by molar-refractivity contribution is -0.110. The molecule has 4 rings (SSSR count). The maximum Gasteiger partial charge on any atom is 0.205 e. The number of hydrogen-bond donors (Lipinski definition) is 1. The number of rotatable bonds is 6. The average Bonchev–Trinajstić information content (AvgIpc) is 2.89. The molecule has 0 spiro atoms. The summed E-state index contributed by atoms with van der Waals surface area (Å²) in [5, 5.41) is 13.5. The predicted molar refractivity (Wildman–Crippen MR) is 148 cm³/mol. The van der Waals surface area contributed by atoms with E-state index >= 15 is 4.79 Å². The molecule has 180 valence electrons. The van der Waals surface area contributed by atoms with Crippen molar-refractivity contribution in [3.8, 4) is 0 Å². The molecule has 3 aromatic rings. The molecule has 3 aromatic carbocycles. The van der Waals surface area contributed by atoms with Crippen molar-refractivity contribution in [2.45, 2.75) is 64.0 Å². The molecule has 2 nitrogen and oxygen atoms in total. The molecule has 3 heteroatoms. The lowest BCUT2D eigenvalue weighted by Gasteiger charge is -2.43. The summed E-state index contributed by atoms with van der Waals surface area (Å²) in [6, 6.07) is 30.1. The number of benzene rings is 3. The van der Waals surface area contributed by atoms with Gasteiger partial charge in [-0.15, -0.1) is 5.73 Å². The van der Waals surface area contributed by atoms with Gasteiger partial charge in [-0.3, -0.25) is 4.79 Å². The van der Waals surface area contributed by atoms with Gasteiger partial charge in [0.2, 0.25) is 8.07 Å². The number of aliphatic hydroxyl groups is 1. The largest absolute Gasteiger partial charge is 0.383 e. The molecule has 1 saturated carbocycles. The summed E-state index contributed by atoms with van der Waals surface area (Å²) in [4.78, 5) is 15.1. The normalized spacial score (nSPS) is 15.3. The second-order valence-corrected chi connectivity index (χ2v) is 15.2. The molecule has 1 fully saturated rings. The summed E-state index contributed by atoms with van der Waals surface area (Å²) in [5.41, 5.74) is 5.85. The third kappa shape index (κ3) is 5.04. The maximum atomic E-state index is 15.1. The molecule has 1 unspecified atom stereocenters. The van der Waals surface area contributed by atoms with Crippen LogP contribution in [0, 0.1) is 0 Å². The van der Waals surface area contributed by atoms with Gasteiger partial charge in [0.1, 0.15) is 6.10 Å². The van der Waals surface area contributed by atoms with Crippen molar-refractivity contribution in [1.29, 1.82) is 0 Å². The number of carbonyl (C=O) groups excluding carboxylic acids is 1. The van der Waals surface area contributed by atoms with E-state index in [0.29, 0.717) is 5.57 Å². The highest BCUT2D eigenvalue weighted by Gasteiger charge is 2.55. The van der Waals surface area contributed by atoms with Crippen molar-refractivity contribution in [2.75, 3.05) is 0 Å². The summed E-state index contributed by atoms with van der Waals surface area (Å²) >= 11 is 0. The van der Waals surface area contributed by atoms with Crippen molar-refractivity contribution in [1.82, 2.24) is 0 Å². The molecule has 0 aliphatic heterocycles. The highest BCUT2D eigenvalue weighted by Crippen LogP contribution is 2.40. The Kier molecular flexibility index (Phi) is 7.71. The van der Waals surface area contributed by atoms with Crippen LogP contribution in [0.5, 0.6) is 0 Å². The third-order valence-electron chi connectivity index (χ3n) is 7.28. The number of aliphatic hydroxyl groups excluding tert-OH is 1. The molecule has 0 aromatic heterocycles. The van der Waals surface area contributed by atoms with Crippen LogP contribution in [0.25, 0.3) is 0 Å². The Morgan fingerprint density at radius 1 is 0.771 bits per heavy atom. The zero-order chi connectivity index (χ0) is 24.9. The van der Waals surface area contributed by atoms with Gasteiger partial charge in [-0.05, 0) is 52.2 Å². The summed E-state index contributed by atoms with van der Waals surface area (Å²) in [7, 11) is -3.11. The molecule has 1 N–H and O–H groups in total. The number of carbonyl (C=O) groups is 1. The second kappa shape index (κ2) is 10.7. The molecule has 0 amide bonds. The first kappa shape index (κ1) is 25.1. The van der Waals surface area contributed by atoms with E-state index in [1.807, 2.05) is 66.7 Å². The first-order chi connectivity index (χ1) is 16.9. The summed E-state index contributed by atoms with van der Waals surface area (Å²) in [5.74, 6) is 0. The highest BCUT2D eigenvalue weighted by molar-refractivity contribution is 7.25. The molecule has 1 aliphatic rings. The van der Waals surface area contributed by atoms with Crippen molar-refractivity contribution >= 4 is 23.9 Å². The van der Waals surface area contributed by atoms with Crippen LogP contribution in [0.4, 0.5) is 0 Å².